The van der Waals surface area contributed by atoms with Crippen molar-refractivity contribution in [3.8, 4) is 5.75 Å². The maximum Gasteiger partial charge on any atom is 0.152 e. The first kappa shape index (κ1) is 18.0. The van der Waals surface area contributed by atoms with Crippen LogP contribution < -0.4 is 10.1 Å². The van der Waals surface area contributed by atoms with E-state index < -0.39 is 9.84 Å². The molecule has 0 aliphatic rings. The summed E-state index contributed by atoms with van der Waals surface area (Å²) in [6, 6.07) is 7.40. The molecule has 21 heavy (non-hydrogen) atoms. The first-order valence-electron chi connectivity index (χ1n) is 7.49. The van der Waals surface area contributed by atoms with Crippen molar-refractivity contribution in [3.05, 3.63) is 29.8 Å². The van der Waals surface area contributed by atoms with E-state index in [1.54, 1.807) is 7.11 Å². The van der Waals surface area contributed by atoms with Gasteiger partial charge in [-0.2, -0.15) is 0 Å². The summed E-state index contributed by atoms with van der Waals surface area (Å²) in [4.78, 5) is 0. The molecule has 0 aliphatic carbocycles. The second kappa shape index (κ2) is 8.39. The molecule has 0 bridgehead atoms. The van der Waals surface area contributed by atoms with Crippen LogP contribution in [0, 0.1) is 5.92 Å². The van der Waals surface area contributed by atoms with Crippen LogP contribution in [0.15, 0.2) is 24.3 Å². The number of sulfone groups is 1. The molecule has 1 aromatic carbocycles. The highest BCUT2D eigenvalue weighted by molar-refractivity contribution is 7.91. The van der Waals surface area contributed by atoms with Gasteiger partial charge in [0, 0.05) is 6.04 Å². The Balaban J connectivity index is 2.85. The smallest absolute Gasteiger partial charge is 0.152 e. The van der Waals surface area contributed by atoms with Gasteiger partial charge in [-0.05, 0) is 30.2 Å². The summed E-state index contributed by atoms with van der Waals surface area (Å²) in [6.07, 6.45) is 0.883. The molecule has 0 saturated carbocycles. The molecule has 0 spiro atoms. The zero-order valence-corrected chi connectivity index (χ0v) is 14.2. The van der Waals surface area contributed by atoms with Crippen LogP contribution in [-0.2, 0) is 9.84 Å². The molecule has 0 saturated heterocycles. The summed E-state index contributed by atoms with van der Waals surface area (Å²) >= 11 is 0. The molecule has 0 fully saturated rings. The van der Waals surface area contributed by atoms with Crippen LogP contribution in [0.5, 0.6) is 5.75 Å². The molecular weight excluding hydrogens is 286 g/mol. The summed E-state index contributed by atoms with van der Waals surface area (Å²) in [7, 11) is -1.45. The van der Waals surface area contributed by atoms with Crippen molar-refractivity contribution >= 4 is 9.84 Å². The van der Waals surface area contributed by atoms with Gasteiger partial charge in [-0.25, -0.2) is 8.42 Å². The molecule has 0 amide bonds. The van der Waals surface area contributed by atoms with Gasteiger partial charge < -0.3 is 10.1 Å². The Hall–Kier alpha value is -1.07. The Morgan fingerprint density at radius 3 is 2.24 bits per heavy atom. The zero-order valence-electron chi connectivity index (χ0n) is 13.4. The van der Waals surface area contributed by atoms with Crippen molar-refractivity contribution in [1.82, 2.24) is 5.32 Å². The van der Waals surface area contributed by atoms with Gasteiger partial charge in [-0.3, -0.25) is 0 Å². The van der Waals surface area contributed by atoms with E-state index in [0.717, 1.165) is 24.3 Å². The summed E-state index contributed by atoms with van der Waals surface area (Å²) in [5, 5.41) is 3.26. The van der Waals surface area contributed by atoms with Gasteiger partial charge in [-0.1, -0.05) is 39.3 Å². The fraction of sp³-hybridized carbons (Fsp3) is 0.625. The van der Waals surface area contributed by atoms with Gasteiger partial charge in [0.25, 0.3) is 0 Å². The third-order valence-corrected chi connectivity index (χ3v) is 5.54. The van der Waals surface area contributed by atoms with Crippen molar-refractivity contribution in [2.45, 2.75) is 33.2 Å². The van der Waals surface area contributed by atoms with Crippen LogP contribution in [0.4, 0.5) is 0 Å². The minimum Gasteiger partial charge on any atom is -0.497 e. The third kappa shape index (κ3) is 6.06. The van der Waals surface area contributed by atoms with Crippen LogP contribution in [0.2, 0.25) is 0 Å². The first-order valence-corrected chi connectivity index (χ1v) is 9.31. The van der Waals surface area contributed by atoms with E-state index in [4.69, 9.17) is 4.74 Å². The highest BCUT2D eigenvalue weighted by Crippen LogP contribution is 2.20. The van der Waals surface area contributed by atoms with Crippen molar-refractivity contribution in [2.75, 3.05) is 25.2 Å². The second-order valence-electron chi connectivity index (χ2n) is 5.47. The molecule has 0 radical (unpaired) electrons. The van der Waals surface area contributed by atoms with Crippen LogP contribution in [-0.4, -0.2) is 33.6 Å². The number of benzene rings is 1. The molecule has 4 nitrogen and oxygen atoms in total. The lowest BCUT2D eigenvalue weighted by Gasteiger charge is -2.20. The van der Waals surface area contributed by atoms with Crippen LogP contribution >= 0.6 is 0 Å². The Morgan fingerprint density at radius 1 is 1.14 bits per heavy atom. The number of hydrogen-bond donors (Lipinski definition) is 1. The van der Waals surface area contributed by atoms with Crippen LogP contribution in [0.3, 0.4) is 0 Å². The van der Waals surface area contributed by atoms with Crippen molar-refractivity contribution < 1.29 is 13.2 Å². The fourth-order valence-corrected chi connectivity index (χ4v) is 4.29. The molecular formula is C16H27NO3S. The zero-order chi connectivity index (χ0) is 15.9. The van der Waals surface area contributed by atoms with Gasteiger partial charge in [0.15, 0.2) is 9.84 Å². The Bertz CT molecular complexity index is 511. The largest absolute Gasteiger partial charge is 0.497 e. The Kier molecular flexibility index (Phi) is 7.18. The first-order chi connectivity index (χ1) is 9.91. The summed E-state index contributed by atoms with van der Waals surface area (Å²) < 4.78 is 29.8. The highest BCUT2D eigenvalue weighted by atomic mass is 32.2. The van der Waals surface area contributed by atoms with Crippen molar-refractivity contribution in [1.29, 1.82) is 0 Å². The minimum atomic E-state index is -3.07. The fourth-order valence-electron chi connectivity index (χ4n) is 2.23. The lowest BCUT2D eigenvalue weighted by Crippen LogP contribution is -2.30. The molecule has 1 rings (SSSR count). The van der Waals surface area contributed by atoms with E-state index in [0.29, 0.717) is 0 Å². The Labute approximate surface area is 128 Å². The van der Waals surface area contributed by atoms with E-state index in [1.165, 1.54) is 0 Å². The molecule has 5 heteroatoms. The van der Waals surface area contributed by atoms with Gasteiger partial charge in [0.2, 0.25) is 0 Å². The SMILES string of the molecule is CCNC(CS(=O)(=O)CC(C)CC)c1ccc(OC)cc1. The molecule has 2 atom stereocenters. The predicted molar refractivity (Wildman–Crippen MR) is 87.5 cm³/mol. The third-order valence-electron chi connectivity index (χ3n) is 3.62. The lowest BCUT2D eigenvalue weighted by atomic mass is 10.1. The van der Waals surface area contributed by atoms with Gasteiger partial charge >= 0.3 is 0 Å². The summed E-state index contributed by atoms with van der Waals surface area (Å²) in [5.41, 5.74) is 0.977. The summed E-state index contributed by atoms with van der Waals surface area (Å²) in [6.45, 7) is 6.71. The van der Waals surface area contributed by atoms with E-state index in [9.17, 15) is 8.42 Å². The number of rotatable bonds is 9. The van der Waals surface area contributed by atoms with Gasteiger partial charge in [-0.15, -0.1) is 0 Å². The topological polar surface area (TPSA) is 55.4 Å². The second-order valence-corrected chi connectivity index (χ2v) is 7.63. The van der Waals surface area contributed by atoms with E-state index in [2.05, 4.69) is 5.32 Å². The van der Waals surface area contributed by atoms with Crippen LogP contribution in [0.25, 0.3) is 0 Å². The molecule has 2 unspecified atom stereocenters. The number of hydrogen-bond acceptors (Lipinski definition) is 4. The van der Waals surface area contributed by atoms with Gasteiger partial charge in [0.1, 0.15) is 5.75 Å². The maximum atomic E-state index is 12.3. The van der Waals surface area contributed by atoms with Gasteiger partial charge in [0.05, 0.1) is 18.6 Å². The molecule has 0 aromatic heterocycles. The van der Waals surface area contributed by atoms with Crippen LogP contribution in [0.1, 0.15) is 38.8 Å². The molecule has 1 N–H and O–H groups in total. The van der Waals surface area contributed by atoms with E-state index >= 15 is 0 Å². The monoisotopic (exact) mass is 313 g/mol. The summed E-state index contributed by atoms with van der Waals surface area (Å²) in [5.74, 6) is 1.36. The van der Waals surface area contributed by atoms with Crippen molar-refractivity contribution in [2.24, 2.45) is 5.92 Å². The van der Waals surface area contributed by atoms with E-state index in [1.807, 2.05) is 45.0 Å². The highest BCUT2D eigenvalue weighted by Gasteiger charge is 2.22. The standard InChI is InChI=1S/C16H27NO3S/c1-5-13(3)11-21(18,19)12-16(17-6-2)14-7-9-15(20-4)10-8-14/h7-10,13,16-17H,5-6,11-12H2,1-4H3. The quantitative estimate of drug-likeness (QED) is 0.761. The average molecular weight is 313 g/mol. The number of ether oxygens (including phenoxy) is 1. The van der Waals surface area contributed by atoms with Crippen molar-refractivity contribution in [3.63, 3.8) is 0 Å². The number of methoxy groups -OCH3 is 1. The Morgan fingerprint density at radius 2 is 1.76 bits per heavy atom. The normalized spacial score (nSPS) is 14.7. The van der Waals surface area contributed by atoms with E-state index in [-0.39, 0.29) is 23.5 Å². The average Bonchev–Trinajstić information content (AvgIpc) is 2.46. The maximum absolute atomic E-state index is 12.3. The molecule has 0 heterocycles. The molecule has 0 aliphatic heterocycles. The lowest BCUT2D eigenvalue weighted by molar-refractivity contribution is 0.414. The molecule has 120 valence electrons. The molecule has 1 aromatic rings. The minimum absolute atomic E-state index is 0.136. The predicted octanol–water partition coefficient (Wildman–Crippen LogP) is 2.81. The number of nitrogens with one attached hydrogen (secondary N) is 1.